The third kappa shape index (κ3) is 66.0. The highest BCUT2D eigenvalue weighted by Gasteiger charge is 2.23. The summed E-state index contributed by atoms with van der Waals surface area (Å²) >= 11 is 0. The average Bonchev–Trinajstić information content (AvgIpc) is 3.47. The number of nitrogens with zero attached hydrogens (tertiary/aromatic N) is 1. The highest BCUT2D eigenvalue weighted by atomic mass is 31.2. The Morgan fingerprint density at radius 1 is 0.427 bits per heavy atom. The van der Waals surface area contributed by atoms with Gasteiger partial charge in [-0.05, 0) is 64.2 Å². The summed E-state index contributed by atoms with van der Waals surface area (Å²) in [6.45, 7) is 4.67. The molecule has 0 aliphatic carbocycles. The van der Waals surface area contributed by atoms with Crippen molar-refractivity contribution in [3.05, 3.63) is 48.6 Å². The van der Waals surface area contributed by atoms with Crippen molar-refractivity contribution in [3.63, 3.8) is 0 Å². The summed E-state index contributed by atoms with van der Waals surface area (Å²) in [5.41, 5.74) is 0. The SMILES string of the molecule is CCCCCCC/C=C\C/C=C\CCCCCCCCCCCCCCCCCCCCCC(=O)NC(COP(=O)([O-])OCC[N+](C)(C)C)C(O)/C=C/CC/C=C/CCCCCCCCCCCCCCCCCCCCCCCCC. The normalized spacial score (nSPS) is 13.9. The van der Waals surface area contributed by atoms with Crippen molar-refractivity contribution >= 4 is 13.7 Å². The molecule has 0 aromatic heterocycles. The zero-order valence-corrected chi connectivity index (χ0v) is 56.4. The molecule has 0 saturated carbocycles. The molecule has 3 atom stereocenters. The van der Waals surface area contributed by atoms with Gasteiger partial charge in [0.25, 0.3) is 7.82 Å². The molecular weight excluding hydrogens is 1030 g/mol. The maximum Gasteiger partial charge on any atom is 0.268 e. The number of likely N-dealkylation sites (N-methyl/N-ethyl adjacent to an activating group) is 1. The molecule has 0 aliphatic rings. The van der Waals surface area contributed by atoms with Crippen molar-refractivity contribution in [3.8, 4) is 0 Å². The third-order valence-electron chi connectivity index (χ3n) is 16.5. The lowest BCUT2D eigenvalue weighted by molar-refractivity contribution is -0.870. The molecule has 0 rings (SSSR count). The molecule has 9 heteroatoms. The second-order valence-electron chi connectivity index (χ2n) is 25.9. The molecule has 0 fully saturated rings. The van der Waals surface area contributed by atoms with E-state index in [4.69, 9.17) is 9.05 Å². The fraction of sp³-hybridized carbons (Fsp3) is 0.877. The largest absolute Gasteiger partial charge is 0.756 e. The van der Waals surface area contributed by atoms with Gasteiger partial charge in [0, 0.05) is 6.42 Å². The van der Waals surface area contributed by atoms with Crippen LogP contribution in [-0.4, -0.2) is 68.5 Å². The minimum Gasteiger partial charge on any atom is -0.756 e. The monoisotopic (exact) mass is 1170 g/mol. The Bertz CT molecular complexity index is 1480. The van der Waals surface area contributed by atoms with Crippen molar-refractivity contribution < 1.29 is 32.9 Å². The van der Waals surface area contributed by atoms with E-state index in [0.717, 1.165) is 44.9 Å². The van der Waals surface area contributed by atoms with Crippen LogP contribution >= 0.6 is 7.82 Å². The van der Waals surface area contributed by atoms with Crippen molar-refractivity contribution in [1.29, 1.82) is 0 Å². The maximum atomic E-state index is 13.0. The van der Waals surface area contributed by atoms with Crippen molar-refractivity contribution in [2.75, 3.05) is 40.9 Å². The number of unbranched alkanes of at least 4 members (excludes halogenated alkanes) is 48. The molecule has 8 nitrogen and oxygen atoms in total. The number of aliphatic hydroxyl groups excluding tert-OH is 1. The van der Waals surface area contributed by atoms with E-state index in [-0.39, 0.29) is 19.1 Å². The number of rotatable bonds is 67. The average molecular weight is 1170 g/mol. The van der Waals surface area contributed by atoms with E-state index >= 15 is 0 Å². The molecule has 82 heavy (non-hydrogen) atoms. The Labute approximate surface area is 511 Å². The first-order chi connectivity index (χ1) is 40.0. The van der Waals surface area contributed by atoms with Crippen LogP contribution in [0.25, 0.3) is 0 Å². The summed E-state index contributed by atoms with van der Waals surface area (Å²) in [5.74, 6) is -0.201. The Kier molecular flexibility index (Phi) is 62.7. The summed E-state index contributed by atoms with van der Waals surface area (Å²) in [7, 11) is 1.26. The molecule has 3 unspecified atom stereocenters. The van der Waals surface area contributed by atoms with Crippen LogP contribution in [0.2, 0.25) is 0 Å². The number of quaternary nitrogens is 1. The molecule has 484 valence electrons. The highest BCUT2D eigenvalue weighted by molar-refractivity contribution is 7.45. The number of allylic oxidation sites excluding steroid dienone is 7. The summed E-state index contributed by atoms with van der Waals surface area (Å²) in [4.78, 5) is 25.6. The lowest BCUT2D eigenvalue weighted by Crippen LogP contribution is -2.45. The molecule has 0 heterocycles. The predicted octanol–water partition coefficient (Wildman–Crippen LogP) is 22.4. The molecule has 0 saturated heterocycles. The lowest BCUT2D eigenvalue weighted by atomic mass is 10.0. The van der Waals surface area contributed by atoms with Gasteiger partial charge in [0.05, 0.1) is 39.9 Å². The number of carbonyl (C=O) groups excluding carboxylic acids is 1. The summed E-state index contributed by atoms with van der Waals surface area (Å²) in [6.07, 6.45) is 86.8. The van der Waals surface area contributed by atoms with Gasteiger partial charge < -0.3 is 28.8 Å². The molecule has 1 amide bonds. The van der Waals surface area contributed by atoms with Gasteiger partial charge in [0.1, 0.15) is 13.2 Å². The topological polar surface area (TPSA) is 108 Å². The van der Waals surface area contributed by atoms with Crippen LogP contribution in [-0.2, 0) is 18.4 Å². The number of amides is 1. The van der Waals surface area contributed by atoms with Gasteiger partial charge in [0.2, 0.25) is 5.91 Å². The zero-order valence-electron chi connectivity index (χ0n) is 55.5. The highest BCUT2D eigenvalue weighted by Crippen LogP contribution is 2.38. The third-order valence-corrected chi connectivity index (χ3v) is 17.5. The predicted molar refractivity (Wildman–Crippen MR) is 358 cm³/mol. The van der Waals surface area contributed by atoms with E-state index in [9.17, 15) is 19.4 Å². The molecular formula is C73H141N2O6P. The van der Waals surface area contributed by atoms with Crippen LogP contribution in [0.1, 0.15) is 361 Å². The Morgan fingerprint density at radius 3 is 1.06 bits per heavy atom. The van der Waals surface area contributed by atoms with Gasteiger partial charge in [-0.3, -0.25) is 9.36 Å². The molecule has 0 aromatic carbocycles. The number of phosphoric ester groups is 1. The summed E-state index contributed by atoms with van der Waals surface area (Å²) in [6, 6.07) is -0.905. The maximum absolute atomic E-state index is 13.0. The fourth-order valence-corrected chi connectivity index (χ4v) is 11.6. The quantitative estimate of drug-likeness (QED) is 0.0272. The van der Waals surface area contributed by atoms with Crippen molar-refractivity contribution in [1.82, 2.24) is 5.32 Å². The minimum atomic E-state index is -4.61. The number of hydrogen-bond donors (Lipinski definition) is 2. The molecule has 0 bridgehead atoms. The lowest BCUT2D eigenvalue weighted by Gasteiger charge is -2.29. The second kappa shape index (κ2) is 63.9. The number of nitrogens with one attached hydrogen (secondary N) is 1. The van der Waals surface area contributed by atoms with Gasteiger partial charge in [-0.15, -0.1) is 0 Å². The van der Waals surface area contributed by atoms with Crippen LogP contribution < -0.4 is 10.2 Å². The van der Waals surface area contributed by atoms with Gasteiger partial charge in [0.15, 0.2) is 0 Å². The number of carbonyl (C=O) groups is 1. The van der Waals surface area contributed by atoms with E-state index in [1.165, 1.54) is 295 Å². The van der Waals surface area contributed by atoms with E-state index in [1.54, 1.807) is 6.08 Å². The zero-order chi connectivity index (χ0) is 59.8. The Hall–Kier alpha value is -1.54. The van der Waals surface area contributed by atoms with Crippen LogP contribution in [0.3, 0.4) is 0 Å². The second-order valence-corrected chi connectivity index (χ2v) is 27.3. The van der Waals surface area contributed by atoms with Crippen LogP contribution in [0.5, 0.6) is 0 Å². The first-order valence-electron chi connectivity index (χ1n) is 36.0. The first-order valence-corrected chi connectivity index (χ1v) is 37.5. The van der Waals surface area contributed by atoms with Gasteiger partial charge in [-0.1, -0.05) is 339 Å². The van der Waals surface area contributed by atoms with Gasteiger partial charge in [-0.2, -0.15) is 0 Å². The minimum absolute atomic E-state index is 0.00531. The Balaban J connectivity index is 4.07. The van der Waals surface area contributed by atoms with Crippen LogP contribution in [0.15, 0.2) is 48.6 Å². The standard InChI is InChI=1S/C73H141N2O6P/c1-6-8-10-12-14-16-18-20-22-24-26-28-30-32-34-36-37-39-41-43-45-47-49-51-53-55-57-59-61-63-65-67-73(77)74-71(70-81-82(78,79)80-69-68-75(3,4)5)72(76)66-64-62-60-58-56-54-52-50-48-46-44-42-40-38-35-33-31-29-27-25-23-21-19-17-15-13-11-9-7-2/h18,20,24,26,56,58,64,66,71-72,76H,6-17,19,21-23,25,27-55,57,59-63,65,67-70H2,1-5H3,(H-,74,77,78,79)/b20-18-,26-24-,58-56+,66-64+. The summed E-state index contributed by atoms with van der Waals surface area (Å²) in [5, 5.41) is 14.0. The Morgan fingerprint density at radius 2 is 0.720 bits per heavy atom. The van der Waals surface area contributed by atoms with E-state index in [1.807, 2.05) is 27.2 Å². The van der Waals surface area contributed by atoms with Gasteiger partial charge >= 0.3 is 0 Å². The summed E-state index contributed by atoms with van der Waals surface area (Å²) < 4.78 is 23.5. The smallest absolute Gasteiger partial charge is 0.268 e. The van der Waals surface area contributed by atoms with E-state index in [2.05, 4.69) is 55.6 Å². The first kappa shape index (κ1) is 80.5. The number of aliphatic hydroxyl groups is 1. The fourth-order valence-electron chi connectivity index (χ4n) is 10.9. The number of hydrogen-bond acceptors (Lipinski definition) is 6. The van der Waals surface area contributed by atoms with Crippen LogP contribution in [0.4, 0.5) is 0 Å². The number of phosphoric acid groups is 1. The molecule has 0 aliphatic heterocycles. The van der Waals surface area contributed by atoms with Crippen molar-refractivity contribution in [2.45, 2.75) is 373 Å². The molecule has 0 aromatic rings. The molecule has 0 spiro atoms. The van der Waals surface area contributed by atoms with Crippen molar-refractivity contribution in [2.24, 2.45) is 0 Å². The van der Waals surface area contributed by atoms with E-state index in [0.29, 0.717) is 17.4 Å². The van der Waals surface area contributed by atoms with E-state index < -0.39 is 20.0 Å². The van der Waals surface area contributed by atoms with Crippen LogP contribution in [0, 0.1) is 0 Å². The molecule has 0 radical (unpaired) electrons. The molecule has 2 N–H and O–H groups in total. The van der Waals surface area contributed by atoms with Gasteiger partial charge in [-0.25, -0.2) is 0 Å².